The Kier molecular flexibility index (Phi) is 2.76. The maximum Gasteiger partial charge on any atom is 0.219 e. The molecule has 0 saturated heterocycles. The van der Waals surface area contributed by atoms with Gasteiger partial charge in [-0.05, 0) is 12.1 Å². The van der Waals surface area contributed by atoms with Gasteiger partial charge in [0.25, 0.3) is 0 Å². The van der Waals surface area contributed by atoms with Crippen LogP contribution in [0.15, 0.2) is 18.2 Å². The minimum atomic E-state index is 0.118. The maximum absolute atomic E-state index is 8.91. The van der Waals surface area contributed by atoms with Gasteiger partial charge in [-0.1, -0.05) is 13.8 Å². The zero-order valence-electron chi connectivity index (χ0n) is 6.90. The second kappa shape index (κ2) is 3.82. The molecule has 1 aliphatic rings. The highest BCUT2D eigenvalue weighted by Gasteiger charge is 2.15. The summed E-state index contributed by atoms with van der Waals surface area (Å²) in [6, 6.07) is 4.44. The second-order valence-electron chi connectivity index (χ2n) is 1.87. The predicted molar refractivity (Wildman–Crippen MR) is 41.8 cm³/mol. The molecule has 0 saturated carbocycles. The van der Waals surface area contributed by atoms with Gasteiger partial charge < -0.3 is 5.11 Å². The Morgan fingerprint density at radius 3 is 2.50 bits per heavy atom. The smallest absolute Gasteiger partial charge is 0.219 e. The van der Waals surface area contributed by atoms with E-state index in [4.69, 9.17) is 5.11 Å². The lowest BCUT2D eigenvalue weighted by Crippen LogP contribution is -1.87. The first kappa shape index (κ1) is 8.67. The van der Waals surface area contributed by atoms with Gasteiger partial charge in [0.1, 0.15) is 5.75 Å². The van der Waals surface area contributed by atoms with Crippen molar-refractivity contribution in [2.45, 2.75) is 13.8 Å². The van der Waals surface area contributed by atoms with E-state index in [0.717, 1.165) is 0 Å². The van der Waals surface area contributed by atoms with E-state index >= 15 is 0 Å². The van der Waals surface area contributed by atoms with Gasteiger partial charge in [-0.2, -0.15) is 0 Å². The number of benzene rings is 1. The van der Waals surface area contributed by atoms with Crippen LogP contribution in [0.3, 0.4) is 0 Å². The van der Waals surface area contributed by atoms with E-state index in [1.54, 1.807) is 6.07 Å². The molecular weight excluding hydrogens is 160 g/mol. The van der Waals surface area contributed by atoms with Gasteiger partial charge >= 0.3 is 0 Å². The van der Waals surface area contributed by atoms with Crippen molar-refractivity contribution < 1.29 is 19.9 Å². The van der Waals surface area contributed by atoms with E-state index in [1.807, 2.05) is 13.8 Å². The summed E-state index contributed by atoms with van der Waals surface area (Å²) in [7, 11) is 0. The summed E-state index contributed by atoms with van der Waals surface area (Å²) in [4.78, 5) is 9.02. The molecule has 1 aliphatic heterocycles. The lowest BCUT2D eigenvalue weighted by Gasteiger charge is -1.89. The van der Waals surface area contributed by atoms with Crippen molar-refractivity contribution >= 4 is 0 Å². The first-order valence-electron chi connectivity index (χ1n) is 3.70. The Labute approximate surface area is 70.2 Å². The fraction of sp³-hybridized carbons (Fsp3) is 0.250. The Hall–Kier alpha value is -1.42. The van der Waals surface area contributed by atoms with E-state index in [1.165, 1.54) is 12.1 Å². The van der Waals surface area contributed by atoms with E-state index in [2.05, 4.69) is 14.8 Å². The maximum atomic E-state index is 8.91. The van der Waals surface area contributed by atoms with E-state index < -0.39 is 0 Å². The molecule has 4 nitrogen and oxygen atoms in total. The zero-order valence-corrected chi connectivity index (χ0v) is 6.90. The van der Waals surface area contributed by atoms with Crippen molar-refractivity contribution in [2.75, 3.05) is 0 Å². The van der Waals surface area contributed by atoms with Gasteiger partial charge in [0, 0.05) is 11.1 Å². The van der Waals surface area contributed by atoms with Gasteiger partial charge in [0.15, 0.2) is 0 Å². The average Bonchev–Trinajstić information content (AvgIpc) is 2.54. The number of fused-ring (bicyclic) bond motifs is 1. The third-order valence-corrected chi connectivity index (χ3v) is 1.17. The van der Waals surface area contributed by atoms with Crippen molar-refractivity contribution in [3.05, 3.63) is 18.2 Å². The molecular formula is C8H10O4. The van der Waals surface area contributed by atoms with Gasteiger partial charge in [-0.3, -0.25) is 9.78 Å². The normalized spacial score (nSPS) is 11.8. The molecule has 0 amide bonds. The predicted octanol–water partition coefficient (Wildman–Crippen LogP) is 2.04. The van der Waals surface area contributed by atoms with Crippen LogP contribution in [0.2, 0.25) is 0 Å². The third kappa shape index (κ3) is 1.60. The van der Waals surface area contributed by atoms with Crippen LogP contribution in [0, 0.1) is 0 Å². The largest absolute Gasteiger partial charge is 0.508 e. The highest BCUT2D eigenvalue weighted by Crippen LogP contribution is 2.34. The summed E-state index contributed by atoms with van der Waals surface area (Å²) in [6.07, 6.45) is 0. The Morgan fingerprint density at radius 2 is 1.75 bits per heavy atom. The fourth-order valence-electron chi connectivity index (χ4n) is 0.721. The summed E-state index contributed by atoms with van der Waals surface area (Å²) in [6.45, 7) is 4.00. The molecule has 66 valence electrons. The Morgan fingerprint density at radius 1 is 1.08 bits per heavy atom. The molecule has 0 aliphatic carbocycles. The number of phenols is 1. The number of hydrogen-bond donors (Lipinski definition) is 1. The molecule has 1 aromatic rings. The molecule has 0 fully saturated rings. The fourth-order valence-corrected chi connectivity index (χ4v) is 0.721. The molecule has 4 heteroatoms. The molecule has 1 N–H and O–H groups in total. The first-order chi connectivity index (χ1) is 5.86. The number of phenolic OH excluding ortho intramolecular Hbond substituents is 1. The molecule has 0 atom stereocenters. The lowest BCUT2D eigenvalue weighted by atomic mass is 10.3. The molecule has 0 radical (unpaired) electrons. The van der Waals surface area contributed by atoms with Crippen LogP contribution in [-0.4, -0.2) is 5.11 Å². The average molecular weight is 170 g/mol. The summed E-state index contributed by atoms with van der Waals surface area (Å²) in [5, 5.41) is 13.1. The van der Waals surface area contributed by atoms with Crippen molar-refractivity contribution in [1.82, 2.24) is 0 Å². The minimum absolute atomic E-state index is 0.118. The van der Waals surface area contributed by atoms with Gasteiger partial charge in [-0.15, -0.1) is 0 Å². The summed E-state index contributed by atoms with van der Waals surface area (Å²) in [5.41, 5.74) is 0. The van der Waals surface area contributed by atoms with Gasteiger partial charge in [0.2, 0.25) is 11.5 Å². The Balaban J connectivity index is 0.000000336. The molecule has 0 spiro atoms. The minimum Gasteiger partial charge on any atom is -0.508 e. The monoisotopic (exact) mass is 170 g/mol. The van der Waals surface area contributed by atoms with Crippen molar-refractivity contribution in [2.24, 2.45) is 0 Å². The highest BCUT2D eigenvalue weighted by molar-refractivity contribution is 5.45. The molecule has 12 heavy (non-hydrogen) atoms. The molecule has 2 rings (SSSR count). The molecule has 0 bridgehead atoms. The molecule has 0 aromatic heterocycles. The quantitative estimate of drug-likeness (QED) is 0.605. The van der Waals surface area contributed by atoms with Gasteiger partial charge in [0.05, 0.1) is 0 Å². The summed E-state index contributed by atoms with van der Waals surface area (Å²) in [5.74, 6) is 0.977. The van der Waals surface area contributed by atoms with E-state index in [9.17, 15) is 0 Å². The number of aromatic hydroxyl groups is 1. The topological polar surface area (TPSA) is 47.9 Å². The molecule has 1 heterocycles. The lowest BCUT2D eigenvalue weighted by molar-refractivity contribution is -0.384. The number of rotatable bonds is 0. The van der Waals surface area contributed by atoms with Crippen LogP contribution in [-0.2, 0) is 5.04 Å². The van der Waals surface area contributed by atoms with Gasteiger partial charge in [-0.25, -0.2) is 0 Å². The number of hydrogen-bond acceptors (Lipinski definition) is 4. The van der Waals surface area contributed by atoms with Crippen LogP contribution in [0.4, 0.5) is 0 Å². The van der Waals surface area contributed by atoms with Crippen LogP contribution in [0.25, 0.3) is 0 Å². The summed E-state index contributed by atoms with van der Waals surface area (Å²) < 4.78 is 0. The van der Waals surface area contributed by atoms with E-state index in [-0.39, 0.29) is 5.75 Å². The van der Waals surface area contributed by atoms with E-state index in [0.29, 0.717) is 11.5 Å². The SMILES string of the molecule is CC.Oc1ccc2c(c1)OOO2. The zero-order chi connectivity index (χ0) is 8.97. The highest BCUT2D eigenvalue weighted by atomic mass is 17.5. The third-order valence-electron chi connectivity index (χ3n) is 1.17. The van der Waals surface area contributed by atoms with Crippen molar-refractivity contribution in [3.8, 4) is 17.2 Å². The Bertz CT molecular complexity index is 259. The molecule has 0 unspecified atom stereocenters. The second-order valence-corrected chi connectivity index (χ2v) is 1.87. The van der Waals surface area contributed by atoms with Crippen molar-refractivity contribution in [3.63, 3.8) is 0 Å². The van der Waals surface area contributed by atoms with Crippen LogP contribution in [0.1, 0.15) is 13.8 Å². The van der Waals surface area contributed by atoms with Crippen LogP contribution in [0.5, 0.6) is 17.2 Å². The summed E-state index contributed by atoms with van der Waals surface area (Å²) >= 11 is 0. The standard InChI is InChI=1S/C6H4O4.C2H6/c7-4-1-2-5-6(3-4)9-10-8-5;1-2/h1-3,7H;1-2H3. The first-order valence-corrected chi connectivity index (χ1v) is 3.70. The van der Waals surface area contributed by atoms with Crippen LogP contribution >= 0.6 is 0 Å². The van der Waals surface area contributed by atoms with Crippen LogP contribution < -0.4 is 9.78 Å². The molecule has 1 aromatic carbocycles. The van der Waals surface area contributed by atoms with Crippen molar-refractivity contribution in [1.29, 1.82) is 0 Å².